The van der Waals surface area contributed by atoms with Crippen LogP contribution >= 0.6 is 23.4 Å². The zero-order valence-electron chi connectivity index (χ0n) is 12.3. The summed E-state index contributed by atoms with van der Waals surface area (Å²) in [5.74, 6) is 0.0394. The number of carbonyl (C=O) groups excluding carboxylic acids is 1. The van der Waals surface area contributed by atoms with Gasteiger partial charge in [-0.05, 0) is 18.9 Å². The van der Waals surface area contributed by atoms with Gasteiger partial charge in [-0.25, -0.2) is 0 Å². The minimum Gasteiger partial charge on any atom is -0.368 e. The van der Waals surface area contributed by atoms with Crippen molar-refractivity contribution in [3.05, 3.63) is 33.3 Å². The van der Waals surface area contributed by atoms with Gasteiger partial charge in [-0.2, -0.15) is 0 Å². The molecule has 1 aliphatic carbocycles. The Hall–Kier alpha value is -2.33. The molecule has 0 radical (unpaired) electrons. The smallest absolute Gasteiger partial charge is 0.271 e. The lowest BCUT2D eigenvalue weighted by Gasteiger charge is -2.08. The first-order valence-electron chi connectivity index (χ1n) is 7.02. The van der Waals surface area contributed by atoms with Crippen LogP contribution in [-0.4, -0.2) is 31.3 Å². The van der Waals surface area contributed by atoms with E-state index in [1.807, 2.05) is 4.57 Å². The number of rotatable bonds is 6. The minimum atomic E-state index is -0.554. The summed E-state index contributed by atoms with van der Waals surface area (Å²) in [6.45, 7) is 0. The molecule has 1 heterocycles. The van der Waals surface area contributed by atoms with Gasteiger partial charge in [0, 0.05) is 18.2 Å². The van der Waals surface area contributed by atoms with Gasteiger partial charge in [0.2, 0.25) is 11.9 Å². The fourth-order valence-corrected chi connectivity index (χ4v) is 3.08. The molecule has 0 unspecified atom stereocenters. The Morgan fingerprint density at radius 2 is 2.25 bits per heavy atom. The van der Waals surface area contributed by atoms with Crippen LogP contribution in [0.4, 0.5) is 17.3 Å². The molecule has 0 atom stereocenters. The molecule has 0 bridgehead atoms. The Morgan fingerprint density at radius 1 is 1.50 bits per heavy atom. The number of anilines is 2. The molecule has 1 aliphatic rings. The highest BCUT2D eigenvalue weighted by Gasteiger charge is 2.29. The molecular weight excluding hydrogens is 356 g/mol. The van der Waals surface area contributed by atoms with Gasteiger partial charge in [-0.3, -0.25) is 19.5 Å². The third-order valence-electron chi connectivity index (χ3n) is 3.37. The second-order valence-electron chi connectivity index (χ2n) is 5.20. The van der Waals surface area contributed by atoms with Gasteiger partial charge >= 0.3 is 0 Å². The van der Waals surface area contributed by atoms with Crippen molar-refractivity contribution in [3.63, 3.8) is 0 Å². The van der Waals surface area contributed by atoms with Crippen LogP contribution in [0.3, 0.4) is 0 Å². The number of aromatic nitrogens is 3. The third kappa shape index (κ3) is 3.60. The van der Waals surface area contributed by atoms with Crippen LogP contribution < -0.4 is 11.1 Å². The number of amides is 1. The number of nitrogen functional groups attached to an aromatic ring is 1. The predicted molar refractivity (Wildman–Crippen MR) is 90.2 cm³/mol. The fourth-order valence-electron chi connectivity index (χ4n) is 2.10. The predicted octanol–water partition coefficient (Wildman–Crippen LogP) is 2.49. The summed E-state index contributed by atoms with van der Waals surface area (Å²) < 4.78 is 1.82. The lowest BCUT2D eigenvalue weighted by atomic mass is 10.3. The number of hydrogen-bond donors (Lipinski definition) is 2. The summed E-state index contributed by atoms with van der Waals surface area (Å²) in [6.07, 6.45) is 2.04. The lowest BCUT2D eigenvalue weighted by Crippen LogP contribution is -2.15. The Morgan fingerprint density at radius 3 is 2.92 bits per heavy atom. The van der Waals surface area contributed by atoms with Gasteiger partial charge in [-0.15, -0.1) is 10.2 Å². The number of nitro benzene ring substituents is 1. The van der Waals surface area contributed by atoms with Crippen LogP contribution in [-0.2, 0) is 4.79 Å². The van der Waals surface area contributed by atoms with Crippen molar-refractivity contribution in [1.82, 2.24) is 14.8 Å². The lowest BCUT2D eigenvalue weighted by molar-refractivity contribution is -0.384. The number of thioether (sulfide) groups is 1. The molecule has 3 N–H and O–H groups in total. The zero-order chi connectivity index (χ0) is 17.3. The van der Waals surface area contributed by atoms with E-state index in [1.54, 1.807) is 0 Å². The van der Waals surface area contributed by atoms with E-state index in [1.165, 1.54) is 30.0 Å². The Balaban J connectivity index is 1.64. The number of nitrogens with two attached hydrogens (primary N) is 1. The van der Waals surface area contributed by atoms with Gasteiger partial charge in [-0.1, -0.05) is 23.4 Å². The highest BCUT2D eigenvalue weighted by molar-refractivity contribution is 7.99. The van der Waals surface area contributed by atoms with Crippen molar-refractivity contribution in [2.24, 2.45) is 0 Å². The summed E-state index contributed by atoms with van der Waals surface area (Å²) >= 11 is 7.15. The number of halogens is 1. The van der Waals surface area contributed by atoms with Gasteiger partial charge in [0.05, 0.1) is 21.4 Å². The molecular formula is C13H13ClN6O3S. The highest BCUT2D eigenvalue weighted by Crippen LogP contribution is 2.39. The average Bonchev–Trinajstić information content (AvgIpc) is 3.30. The molecule has 2 aromatic rings. The fraction of sp³-hybridized carbons (Fsp3) is 0.308. The van der Waals surface area contributed by atoms with E-state index in [9.17, 15) is 14.9 Å². The number of nitrogens with zero attached hydrogens (tertiary/aromatic N) is 4. The van der Waals surface area contributed by atoms with E-state index in [4.69, 9.17) is 17.3 Å². The maximum Gasteiger partial charge on any atom is 0.271 e. The van der Waals surface area contributed by atoms with Crippen molar-refractivity contribution in [1.29, 1.82) is 0 Å². The number of hydrogen-bond acceptors (Lipinski definition) is 7. The minimum absolute atomic E-state index is 0.0594. The molecule has 1 fully saturated rings. The van der Waals surface area contributed by atoms with Crippen LogP contribution in [0.15, 0.2) is 23.4 Å². The normalized spacial score (nSPS) is 13.7. The van der Waals surface area contributed by atoms with E-state index in [0.717, 1.165) is 12.8 Å². The Bertz CT molecular complexity index is 807. The van der Waals surface area contributed by atoms with Crippen molar-refractivity contribution in [3.8, 4) is 0 Å². The first kappa shape index (κ1) is 16.5. The van der Waals surface area contributed by atoms with Gasteiger partial charge < -0.3 is 11.1 Å². The molecule has 0 spiro atoms. The van der Waals surface area contributed by atoms with Crippen LogP contribution in [0, 0.1) is 10.1 Å². The SMILES string of the molecule is Nc1nnc(SCC(=O)Nc2cc([N+](=O)[O-])ccc2Cl)n1C1CC1. The standard InChI is InChI=1S/C13H13ClN6O3S/c14-9-4-3-8(20(22)23)5-10(9)16-11(21)6-24-13-18-17-12(15)19(13)7-1-2-7/h3-5,7H,1-2,6H2,(H2,15,17)(H,16,21). The van der Waals surface area contributed by atoms with E-state index in [-0.39, 0.29) is 28.1 Å². The van der Waals surface area contributed by atoms with Gasteiger partial charge in [0.1, 0.15) is 0 Å². The molecule has 1 aromatic heterocycles. The second-order valence-corrected chi connectivity index (χ2v) is 6.55. The molecule has 1 aromatic carbocycles. The first-order valence-corrected chi connectivity index (χ1v) is 8.39. The van der Waals surface area contributed by atoms with E-state index < -0.39 is 4.92 Å². The number of non-ortho nitro benzene ring substituents is 1. The van der Waals surface area contributed by atoms with E-state index in [2.05, 4.69) is 15.5 Å². The van der Waals surface area contributed by atoms with Crippen molar-refractivity contribution in [2.45, 2.75) is 24.0 Å². The molecule has 126 valence electrons. The Kier molecular flexibility index (Phi) is 4.58. The van der Waals surface area contributed by atoms with Crippen molar-refractivity contribution >= 4 is 46.6 Å². The number of nitro groups is 1. The van der Waals surface area contributed by atoms with Crippen LogP contribution in [0.2, 0.25) is 5.02 Å². The molecule has 0 aliphatic heterocycles. The van der Waals surface area contributed by atoms with E-state index >= 15 is 0 Å². The number of benzene rings is 1. The molecule has 24 heavy (non-hydrogen) atoms. The highest BCUT2D eigenvalue weighted by atomic mass is 35.5. The molecule has 1 amide bonds. The molecule has 0 saturated heterocycles. The molecule has 9 nitrogen and oxygen atoms in total. The quantitative estimate of drug-likeness (QED) is 0.455. The Labute approximate surface area is 145 Å². The summed E-state index contributed by atoms with van der Waals surface area (Å²) in [6, 6.07) is 4.16. The van der Waals surface area contributed by atoms with Crippen molar-refractivity contribution in [2.75, 3.05) is 16.8 Å². The number of carbonyl (C=O) groups is 1. The van der Waals surface area contributed by atoms with Crippen LogP contribution in [0.5, 0.6) is 0 Å². The zero-order valence-corrected chi connectivity index (χ0v) is 13.9. The van der Waals surface area contributed by atoms with Gasteiger partial charge in [0.25, 0.3) is 5.69 Å². The summed E-state index contributed by atoms with van der Waals surface area (Å²) in [5.41, 5.74) is 5.82. The molecule has 3 rings (SSSR count). The molecule has 1 saturated carbocycles. The summed E-state index contributed by atoms with van der Waals surface area (Å²) in [4.78, 5) is 22.3. The maximum atomic E-state index is 12.1. The number of nitrogens with one attached hydrogen (secondary N) is 1. The van der Waals surface area contributed by atoms with Gasteiger partial charge in [0.15, 0.2) is 5.16 Å². The topological polar surface area (TPSA) is 129 Å². The first-order chi connectivity index (χ1) is 11.5. The average molecular weight is 369 g/mol. The summed E-state index contributed by atoms with van der Waals surface area (Å²) in [7, 11) is 0. The summed E-state index contributed by atoms with van der Waals surface area (Å²) in [5, 5.41) is 21.9. The van der Waals surface area contributed by atoms with Crippen molar-refractivity contribution < 1.29 is 9.72 Å². The maximum absolute atomic E-state index is 12.1. The second kappa shape index (κ2) is 6.65. The largest absolute Gasteiger partial charge is 0.368 e. The monoisotopic (exact) mass is 368 g/mol. The van der Waals surface area contributed by atoms with Crippen LogP contribution in [0.1, 0.15) is 18.9 Å². The third-order valence-corrected chi connectivity index (χ3v) is 4.64. The van der Waals surface area contributed by atoms with Crippen LogP contribution in [0.25, 0.3) is 0 Å². The molecule has 11 heteroatoms. The van der Waals surface area contributed by atoms with E-state index in [0.29, 0.717) is 17.1 Å².